The van der Waals surface area contributed by atoms with E-state index < -0.39 is 18.0 Å². The molecule has 4 N–H and O–H groups in total. The van der Waals surface area contributed by atoms with Gasteiger partial charge >= 0.3 is 11.9 Å². The maximum atomic E-state index is 12.9. The molecule has 5 rings (SSSR count). The van der Waals surface area contributed by atoms with Gasteiger partial charge in [-0.05, 0) is 38.1 Å². The molecule has 1 aliphatic rings. The topological polar surface area (TPSA) is 148 Å². The summed E-state index contributed by atoms with van der Waals surface area (Å²) in [5.41, 5.74) is 15.7. The molecular weight excluding hydrogens is 492 g/mol. The van der Waals surface area contributed by atoms with Crippen molar-refractivity contribution in [3.63, 3.8) is 0 Å². The fourth-order valence-electron chi connectivity index (χ4n) is 4.14. The van der Waals surface area contributed by atoms with Crippen molar-refractivity contribution in [3.8, 4) is 0 Å². The van der Waals surface area contributed by atoms with Gasteiger partial charge in [-0.3, -0.25) is 0 Å². The molecule has 0 radical (unpaired) electrons. The van der Waals surface area contributed by atoms with Crippen molar-refractivity contribution in [2.45, 2.75) is 37.0 Å². The van der Waals surface area contributed by atoms with Gasteiger partial charge in [0.25, 0.3) is 0 Å². The Labute approximate surface area is 217 Å². The Hall–Kier alpha value is -4.12. The molecule has 3 atom stereocenters. The summed E-state index contributed by atoms with van der Waals surface area (Å²) >= 11 is 1.51. The van der Waals surface area contributed by atoms with Crippen LogP contribution in [0.2, 0.25) is 0 Å². The van der Waals surface area contributed by atoms with Crippen LogP contribution in [-0.2, 0) is 9.47 Å². The average Bonchev–Trinajstić information content (AvgIpc) is 3.47. The molecule has 4 aromatic rings. The monoisotopic (exact) mass is 518 g/mol. The number of rotatable bonds is 6. The van der Waals surface area contributed by atoms with Crippen molar-refractivity contribution in [2.75, 3.05) is 18.1 Å². The minimum atomic E-state index is -0.524. The highest BCUT2D eigenvalue weighted by molar-refractivity contribution is 8.00. The molecule has 37 heavy (non-hydrogen) atoms. The molecule has 2 aromatic carbocycles. The lowest BCUT2D eigenvalue weighted by molar-refractivity contribution is 0.0205. The standard InChI is InChI=1S/C26H26N6O4S/c1-14-3-7-16(8-4-14)24(33)35-12-19-18(36-25(34)17-9-5-15(2)6-10-17)11-20(37-19)32-13-29-21-22(27)30-26(28)31-23(21)32/h3-10,13,18-20H,11-12H2,1-2H3,(H4,27,28,30,31)/t18-,19+,20+/m0/s1. The van der Waals surface area contributed by atoms with E-state index >= 15 is 0 Å². The number of thioether (sulfide) groups is 1. The minimum absolute atomic E-state index is 0.0423. The second kappa shape index (κ2) is 10.1. The molecular formula is C26H26N6O4S. The fourth-order valence-corrected chi connectivity index (χ4v) is 5.62. The smallest absolute Gasteiger partial charge is 0.338 e. The lowest BCUT2D eigenvalue weighted by Gasteiger charge is -2.19. The lowest BCUT2D eigenvalue weighted by atomic mass is 10.1. The molecule has 1 fully saturated rings. The molecule has 0 spiro atoms. The summed E-state index contributed by atoms with van der Waals surface area (Å²) in [5, 5.41) is -0.527. The zero-order valence-corrected chi connectivity index (χ0v) is 21.1. The Bertz CT molecular complexity index is 1450. The van der Waals surface area contributed by atoms with Crippen LogP contribution in [0.1, 0.15) is 43.6 Å². The summed E-state index contributed by atoms with van der Waals surface area (Å²) in [5.74, 6) is -0.641. The Balaban J connectivity index is 1.37. The SMILES string of the molecule is Cc1ccc(C(=O)OC[C@H]2S[C@@H](n3cnc4c(N)nc(N)nc43)C[C@@H]2OC(=O)c2ccc(C)cc2)cc1. The largest absolute Gasteiger partial charge is 0.461 e. The average molecular weight is 519 g/mol. The number of ether oxygens (including phenoxy) is 2. The predicted octanol–water partition coefficient (Wildman–Crippen LogP) is 3.69. The van der Waals surface area contributed by atoms with Crippen LogP contribution in [0.4, 0.5) is 11.8 Å². The zero-order valence-electron chi connectivity index (χ0n) is 20.3. The number of nitrogens with zero attached hydrogens (tertiary/aromatic N) is 4. The highest BCUT2D eigenvalue weighted by Gasteiger charge is 2.40. The van der Waals surface area contributed by atoms with Crippen molar-refractivity contribution in [1.29, 1.82) is 0 Å². The van der Waals surface area contributed by atoms with E-state index in [-0.39, 0.29) is 29.0 Å². The number of nitrogens with two attached hydrogens (primary N) is 2. The van der Waals surface area contributed by atoms with Crippen molar-refractivity contribution in [3.05, 3.63) is 77.1 Å². The van der Waals surface area contributed by atoms with Crippen LogP contribution >= 0.6 is 11.8 Å². The van der Waals surface area contributed by atoms with Crippen molar-refractivity contribution in [1.82, 2.24) is 19.5 Å². The molecule has 3 heterocycles. The number of carbonyl (C=O) groups is 2. The number of hydrogen-bond donors (Lipinski definition) is 2. The van der Waals surface area contributed by atoms with Gasteiger partial charge in [0.2, 0.25) is 5.95 Å². The molecule has 0 aliphatic carbocycles. The first-order chi connectivity index (χ1) is 17.8. The van der Waals surface area contributed by atoms with Crippen LogP contribution in [-0.4, -0.2) is 49.4 Å². The van der Waals surface area contributed by atoms with Gasteiger partial charge < -0.3 is 25.5 Å². The number of fused-ring (bicyclic) bond motifs is 1. The van der Waals surface area contributed by atoms with Gasteiger partial charge in [0.05, 0.1) is 28.1 Å². The Morgan fingerprint density at radius 2 is 1.59 bits per heavy atom. The second-order valence-electron chi connectivity index (χ2n) is 8.93. The van der Waals surface area contributed by atoms with Crippen LogP contribution in [0.3, 0.4) is 0 Å². The first-order valence-electron chi connectivity index (χ1n) is 11.7. The molecule has 1 saturated heterocycles. The summed E-state index contributed by atoms with van der Waals surface area (Å²) in [7, 11) is 0. The normalized spacial score (nSPS) is 19.1. The number of imidazole rings is 1. The van der Waals surface area contributed by atoms with Crippen molar-refractivity contribution in [2.24, 2.45) is 0 Å². The third kappa shape index (κ3) is 5.21. The van der Waals surface area contributed by atoms with Crippen LogP contribution in [0.25, 0.3) is 11.2 Å². The van der Waals surface area contributed by atoms with E-state index in [2.05, 4.69) is 15.0 Å². The van der Waals surface area contributed by atoms with Gasteiger partial charge in [-0.2, -0.15) is 9.97 Å². The summed E-state index contributed by atoms with van der Waals surface area (Å²) in [6.07, 6.45) is 1.54. The van der Waals surface area contributed by atoms with E-state index in [4.69, 9.17) is 20.9 Å². The number of esters is 2. The first kappa shape index (κ1) is 24.6. The maximum absolute atomic E-state index is 12.9. The van der Waals surface area contributed by atoms with Gasteiger partial charge in [-0.15, -0.1) is 11.8 Å². The van der Waals surface area contributed by atoms with Gasteiger partial charge in [0, 0.05) is 6.42 Å². The van der Waals surface area contributed by atoms with E-state index in [1.807, 2.05) is 42.7 Å². The number of anilines is 2. The summed E-state index contributed by atoms with van der Waals surface area (Å²) in [6.45, 7) is 3.96. The number of benzene rings is 2. The fraction of sp³-hybridized carbons (Fsp3) is 0.269. The zero-order chi connectivity index (χ0) is 26.1. The van der Waals surface area contributed by atoms with Gasteiger partial charge in [0.1, 0.15) is 18.2 Å². The van der Waals surface area contributed by atoms with Gasteiger partial charge in [-0.1, -0.05) is 35.4 Å². The number of nitrogen functional groups attached to an aromatic ring is 2. The number of carbonyl (C=O) groups excluding carboxylic acids is 2. The van der Waals surface area contributed by atoms with E-state index in [0.717, 1.165) is 11.1 Å². The summed E-state index contributed by atoms with van der Waals surface area (Å²) in [6, 6.07) is 14.3. The van der Waals surface area contributed by atoms with Crippen molar-refractivity contribution < 1.29 is 19.1 Å². The minimum Gasteiger partial charge on any atom is -0.461 e. The maximum Gasteiger partial charge on any atom is 0.338 e. The van der Waals surface area contributed by atoms with E-state index in [9.17, 15) is 9.59 Å². The first-order valence-corrected chi connectivity index (χ1v) is 12.6. The summed E-state index contributed by atoms with van der Waals surface area (Å²) in [4.78, 5) is 38.2. The predicted molar refractivity (Wildman–Crippen MR) is 141 cm³/mol. The van der Waals surface area contributed by atoms with E-state index in [1.165, 1.54) is 11.8 Å². The van der Waals surface area contributed by atoms with Crippen LogP contribution in [0.15, 0.2) is 54.9 Å². The quantitative estimate of drug-likeness (QED) is 0.362. The third-order valence-electron chi connectivity index (χ3n) is 6.17. The number of aromatic nitrogens is 4. The molecule has 0 bridgehead atoms. The molecule has 0 unspecified atom stereocenters. The van der Waals surface area contributed by atoms with E-state index in [0.29, 0.717) is 28.7 Å². The van der Waals surface area contributed by atoms with Gasteiger partial charge in [0.15, 0.2) is 11.5 Å². The molecule has 10 nitrogen and oxygen atoms in total. The Kier molecular flexibility index (Phi) is 6.70. The van der Waals surface area contributed by atoms with Crippen LogP contribution in [0.5, 0.6) is 0 Å². The van der Waals surface area contributed by atoms with Crippen molar-refractivity contribution >= 4 is 46.6 Å². The lowest BCUT2D eigenvalue weighted by Crippen LogP contribution is -2.29. The molecule has 1 aliphatic heterocycles. The summed E-state index contributed by atoms with van der Waals surface area (Å²) < 4.78 is 13.4. The molecule has 11 heteroatoms. The van der Waals surface area contributed by atoms with Crippen LogP contribution < -0.4 is 11.5 Å². The van der Waals surface area contributed by atoms with Crippen LogP contribution in [0, 0.1) is 13.8 Å². The van der Waals surface area contributed by atoms with Gasteiger partial charge in [-0.25, -0.2) is 14.6 Å². The molecule has 0 saturated carbocycles. The molecule has 190 valence electrons. The highest BCUT2D eigenvalue weighted by atomic mass is 32.2. The third-order valence-corrected chi connectivity index (χ3v) is 7.69. The van der Waals surface area contributed by atoms with E-state index in [1.54, 1.807) is 30.6 Å². The second-order valence-corrected chi connectivity index (χ2v) is 10.4. The molecule has 0 amide bonds. The highest BCUT2D eigenvalue weighted by Crippen LogP contribution is 2.44. The molecule has 2 aromatic heterocycles. The number of aryl methyl sites for hydroxylation is 2. The Morgan fingerprint density at radius 3 is 2.24 bits per heavy atom. The number of hydrogen-bond acceptors (Lipinski definition) is 10. The Morgan fingerprint density at radius 1 is 0.973 bits per heavy atom.